The second kappa shape index (κ2) is 8.92. The maximum Gasteiger partial charge on any atom is 0.262 e. The maximum atomic E-state index is 13.7. The second-order valence-electron chi connectivity index (χ2n) is 7.72. The molecule has 1 fully saturated rings. The van der Waals surface area contributed by atoms with Gasteiger partial charge in [0, 0.05) is 6.20 Å². The molecule has 156 valence electrons. The van der Waals surface area contributed by atoms with E-state index in [1.807, 2.05) is 0 Å². The number of amides is 1. The second-order valence-corrected chi connectivity index (χ2v) is 8.16. The Balaban J connectivity index is 1.69. The first-order valence-electron chi connectivity index (χ1n) is 10.1. The van der Waals surface area contributed by atoms with Gasteiger partial charge in [-0.2, -0.15) is 0 Å². The summed E-state index contributed by atoms with van der Waals surface area (Å²) >= 11 is 5.86. The molecule has 0 saturated heterocycles. The molecule has 1 N–H and O–H groups in total. The summed E-state index contributed by atoms with van der Waals surface area (Å²) in [5.74, 6) is -0.179. The third-order valence-electron chi connectivity index (χ3n) is 5.64. The van der Waals surface area contributed by atoms with Crippen molar-refractivity contribution in [2.75, 3.05) is 5.32 Å². The van der Waals surface area contributed by atoms with E-state index in [2.05, 4.69) is 15.3 Å². The van der Waals surface area contributed by atoms with Crippen LogP contribution < -0.4 is 10.9 Å². The average Bonchev–Trinajstić information content (AvgIpc) is 2.75. The molecule has 0 aliphatic heterocycles. The van der Waals surface area contributed by atoms with Gasteiger partial charge in [-0.3, -0.25) is 14.2 Å². The van der Waals surface area contributed by atoms with E-state index in [1.54, 1.807) is 12.1 Å². The fourth-order valence-electron chi connectivity index (χ4n) is 4.07. The lowest BCUT2D eigenvalue weighted by atomic mass is 9.84. The number of nitrogens with zero attached hydrogens (tertiary/aromatic N) is 3. The number of pyridine rings is 1. The minimum absolute atomic E-state index is 0.156. The Morgan fingerprint density at radius 2 is 2.00 bits per heavy atom. The molecule has 8 heteroatoms. The number of aromatic nitrogens is 3. The first kappa shape index (κ1) is 20.5. The van der Waals surface area contributed by atoms with Crippen LogP contribution in [-0.2, 0) is 4.79 Å². The molecule has 1 aromatic carbocycles. The van der Waals surface area contributed by atoms with Crippen LogP contribution in [0, 0.1) is 11.7 Å². The van der Waals surface area contributed by atoms with Crippen LogP contribution in [0.1, 0.15) is 44.6 Å². The molecule has 1 aliphatic carbocycles. The number of hydrogen-bond donors (Lipinski definition) is 1. The van der Waals surface area contributed by atoms with Crippen LogP contribution in [0.15, 0.2) is 47.7 Å². The van der Waals surface area contributed by atoms with Crippen LogP contribution in [-0.4, -0.2) is 20.4 Å². The number of benzene rings is 1. The van der Waals surface area contributed by atoms with Crippen molar-refractivity contribution in [3.63, 3.8) is 0 Å². The minimum atomic E-state index is -0.766. The molecular formula is C22H22ClFN4O2. The van der Waals surface area contributed by atoms with Crippen LogP contribution in [0.3, 0.4) is 0 Å². The van der Waals surface area contributed by atoms with Crippen molar-refractivity contribution in [1.82, 2.24) is 14.5 Å². The number of halogens is 2. The van der Waals surface area contributed by atoms with E-state index in [0.29, 0.717) is 28.7 Å². The molecule has 30 heavy (non-hydrogen) atoms. The Hall–Kier alpha value is -2.80. The molecule has 6 nitrogen and oxygen atoms in total. The molecule has 1 unspecified atom stereocenters. The van der Waals surface area contributed by atoms with E-state index >= 15 is 0 Å². The molecule has 0 spiro atoms. The molecule has 1 atom stereocenters. The van der Waals surface area contributed by atoms with Crippen LogP contribution >= 0.6 is 11.6 Å². The van der Waals surface area contributed by atoms with Crippen molar-refractivity contribution >= 4 is 34.2 Å². The molecule has 3 aromatic rings. The van der Waals surface area contributed by atoms with Gasteiger partial charge in [0.05, 0.1) is 22.3 Å². The van der Waals surface area contributed by atoms with Gasteiger partial charge >= 0.3 is 0 Å². The van der Waals surface area contributed by atoms with E-state index in [4.69, 9.17) is 11.6 Å². The molecule has 2 aromatic heterocycles. The highest BCUT2D eigenvalue weighted by Gasteiger charge is 2.27. The zero-order chi connectivity index (χ0) is 21.1. The van der Waals surface area contributed by atoms with E-state index in [0.717, 1.165) is 31.7 Å². The van der Waals surface area contributed by atoms with Crippen molar-refractivity contribution in [3.8, 4) is 0 Å². The van der Waals surface area contributed by atoms with E-state index in [9.17, 15) is 14.0 Å². The lowest BCUT2D eigenvalue weighted by molar-refractivity contribution is -0.120. The minimum Gasteiger partial charge on any atom is -0.309 e. The van der Waals surface area contributed by atoms with E-state index < -0.39 is 17.4 Å². The van der Waals surface area contributed by atoms with Crippen LogP contribution in [0.4, 0.5) is 10.2 Å². The highest BCUT2D eigenvalue weighted by Crippen LogP contribution is 2.31. The van der Waals surface area contributed by atoms with Crippen LogP contribution in [0.5, 0.6) is 0 Å². The van der Waals surface area contributed by atoms with E-state index in [1.165, 1.54) is 35.6 Å². The predicted octanol–water partition coefficient (Wildman–Crippen LogP) is 4.73. The Morgan fingerprint density at radius 3 is 2.73 bits per heavy atom. The largest absolute Gasteiger partial charge is 0.309 e. The number of rotatable bonds is 5. The first-order chi connectivity index (χ1) is 14.5. The van der Waals surface area contributed by atoms with Gasteiger partial charge in [-0.05, 0) is 42.7 Å². The summed E-state index contributed by atoms with van der Waals surface area (Å²) in [6.07, 6.45) is 8.81. The third-order valence-corrected chi connectivity index (χ3v) is 5.87. The van der Waals surface area contributed by atoms with Gasteiger partial charge in [-0.25, -0.2) is 14.4 Å². The monoisotopic (exact) mass is 428 g/mol. The molecule has 1 saturated carbocycles. The molecule has 4 rings (SSSR count). The number of fused-ring (bicyclic) bond motifs is 1. The van der Waals surface area contributed by atoms with E-state index in [-0.39, 0.29) is 11.3 Å². The Bertz CT molecular complexity index is 1110. The van der Waals surface area contributed by atoms with Gasteiger partial charge in [0.25, 0.3) is 5.56 Å². The first-order valence-corrected chi connectivity index (χ1v) is 10.5. The topological polar surface area (TPSA) is 76.9 Å². The highest BCUT2D eigenvalue weighted by atomic mass is 35.5. The predicted molar refractivity (Wildman–Crippen MR) is 114 cm³/mol. The Labute approximate surface area is 178 Å². The SMILES string of the molecule is O=C(Nc1ccc(Cl)cn1)C(CC1CCCCC1)n1cnc2ccc(F)cc2c1=O. The summed E-state index contributed by atoms with van der Waals surface area (Å²) < 4.78 is 15.0. The Morgan fingerprint density at radius 1 is 1.20 bits per heavy atom. The summed E-state index contributed by atoms with van der Waals surface area (Å²) in [4.78, 5) is 34.7. The van der Waals surface area contributed by atoms with Crippen molar-refractivity contribution in [3.05, 3.63) is 64.0 Å². The summed E-state index contributed by atoms with van der Waals surface area (Å²) in [6.45, 7) is 0. The quantitative estimate of drug-likeness (QED) is 0.637. The maximum absolute atomic E-state index is 13.7. The van der Waals surface area contributed by atoms with Gasteiger partial charge in [0.15, 0.2) is 0 Å². The number of hydrogen-bond acceptors (Lipinski definition) is 4. The number of nitrogens with one attached hydrogen (secondary N) is 1. The van der Waals surface area contributed by atoms with Crippen molar-refractivity contribution in [2.24, 2.45) is 5.92 Å². The summed E-state index contributed by atoms with van der Waals surface area (Å²) in [5, 5.41) is 3.39. The van der Waals surface area contributed by atoms with Gasteiger partial charge < -0.3 is 5.32 Å². The van der Waals surface area contributed by atoms with Crippen LogP contribution in [0.2, 0.25) is 5.02 Å². The summed E-state index contributed by atoms with van der Waals surface area (Å²) in [7, 11) is 0. The lowest BCUT2D eigenvalue weighted by Gasteiger charge is -2.27. The smallest absolute Gasteiger partial charge is 0.262 e. The van der Waals surface area contributed by atoms with Gasteiger partial charge in [-0.15, -0.1) is 0 Å². The molecule has 2 heterocycles. The normalized spacial score (nSPS) is 15.8. The van der Waals surface area contributed by atoms with Crippen LogP contribution in [0.25, 0.3) is 10.9 Å². The fraction of sp³-hybridized carbons (Fsp3) is 0.364. The van der Waals surface area contributed by atoms with Crippen molar-refractivity contribution in [2.45, 2.75) is 44.6 Å². The molecule has 1 amide bonds. The average molecular weight is 429 g/mol. The summed E-state index contributed by atoms with van der Waals surface area (Å²) in [6, 6.07) is 6.36. The number of anilines is 1. The van der Waals surface area contributed by atoms with Gasteiger partial charge in [0.2, 0.25) is 5.91 Å². The Kier molecular flexibility index (Phi) is 6.08. The zero-order valence-electron chi connectivity index (χ0n) is 16.4. The molecule has 1 aliphatic rings. The molecular weight excluding hydrogens is 407 g/mol. The number of carbonyl (C=O) groups is 1. The van der Waals surface area contributed by atoms with Gasteiger partial charge in [0.1, 0.15) is 17.7 Å². The fourth-order valence-corrected chi connectivity index (χ4v) is 4.19. The van der Waals surface area contributed by atoms with Crippen molar-refractivity contribution in [1.29, 1.82) is 0 Å². The van der Waals surface area contributed by atoms with Crippen molar-refractivity contribution < 1.29 is 9.18 Å². The summed E-state index contributed by atoms with van der Waals surface area (Å²) in [5.41, 5.74) is -0.0339. The van der Waals surface area contributed by atoms with Gasteiger partial charge in [-0.1, -0.05) is 43.7 Å². The third kappa shape index (κ3) is 4.51. The molecule has 0 bridgehead atoms. The highest BCUT2D eigenvalue weighted by molar-refractivity contribution is 6.30. The number of carbonyl (C=O) groups excluding carboxylic acids is 1. The standard InChI is InChI=1S/C22H22ClFN4O2/c23-15-6-9-20(25-12-15)27-21(29)19(10-14-4-2-1-3-5-14)28-13-26-18-8-7-16(24)11-17(18)22(28)30/h6-9,11-14,19H,1-5,10H2,(H,25,27,29). The lowest BCUT2D eigenvalue weighted by Crippen LogP contribution is -2.35. The molecule has 0 radical (unpaired) electrons. The zero-order valence-corrected chi connectivity index (χ0v) is 17.1.